The molecule has 0 aromatic heterocycles. The first-order chi connectivity index (χ1) is 11.2. The van der Waals surface area contributed by atoms with Crippen molar-refractivity contribution in [3.63, 3.8) is 0 Å². The van der Waals surface area contributed by atoms with Crippen molar-refractivity contribution >= 4 is 12.1 Å². The quantitative estimate of drug-likeness (QED) is 0.686. The molecule has 0 spiro atoms. The highest BCUT2D eigenvalue weighted by Crippen LogP contribution is 2.18. The Kier molecular flexibility index (Phi) is 5.28. The lowest BCUT2D eigenvalue weighted by Gasteiger charge is -2.44. The normalized spacial score (nSPS) is 26.4. The maximum Gasteiger partial charge on any atom is 0.320 e. The molecule has 0 aromatic carbocycles. The Balaban J connectivity index is 1.54. The first-order valence-corrected chi connectivity index (χ1v) is 9.26. The summed E-state index contributed by atoms with van der Waals surface area (Å²) in [4.78, 5) is 33.2. The summed E-state index contributed by atoms with van der Waals surface area (Å²) in [5, 5.41) is 0. The van der Waals surface area contributed by atoms with Crippen molar-refractivity contribution < 1.29 is 9.59 Å². The minimum atomic E-state index is 0.104. The predicted octanol–water partition coefficient (Wildman–Crippen LogP) is 2.20. The minimum absolute atomic E-state index is 0.104. The molecular formula is C17H30N4O2. The second kappa shape index (κ2) is 7.41. The first-order valence-electron chi connectivity index (χ1n) is 9.26. The largest absolute Gasteiger partial charge is 0.325 e. The smallest absolute Gasteiger partial charge is 0.320 e. The van der Waals surface area contributed by atoms with Crippen LogP contribution >= 0.6 is 0 Å². The Morgan fingerprint density at radius 3 is 1.70 bits per heavy atom. The van der Waals surface area contributed by atoms with Gasteiger partial charge in [-0.25, -0.2) is 9.59 Å². The zero-order valence-electron chi connectivity index (χ0n) is 14.4. The summed E-state index contributed by atoms with van der Waals surface area (Å²) in [7, 11) is 0. The molecule has 3 heterocycles. The van der Waals surface area contributed by atoms with Gasteiger partial charge < -0.3 is 19.6 Å². The van der Waals surface area contributed by atoms with Crippen LogP contribution in [0.1, 0.15) is 45.4 Å². The molecule has 130 valence electrons. The summed E-state index contributed by atoms with van der Waals surface area (Å²) in [5.41, 5.74) is 0. The molecule has 4 amide bonds. The third kappa shape index (κ3) is 3.72. The van der Waals surface area contributed by atoms with E-state index in [1.54, 1.807) is 0 Å². The lowest BCUT2D eigenvalue weighted by Crippen LogP contribution is -2.60. The van der Waals surface area contributed by atoms with Crippen LogP contribution < -0.4 is 0 Å². The van der Waals surface area contributed by atoms with E-state index >= 15 is 0 Å². The molecular weight excluding hydrogens is 292 g/mol. The fourth-order valence-corrected chi connectivity index (χ4v) is 3.97. The average Bonchev–Trinajstić information content (AvgIpc) is 2.62. The number of amides is 4. The summed E-state index contributed by atoms with van der Waals surface area (Å²) in [6.45, 7) is 7.61. The van der Waals surface area contributed by atoms with E-state index in [0.29, 0.717) is 19.6 Å². The molecule has 3 fully saturated rings. The molecule has 0 saturated carbocycles. The highest BCUT2D eigenvalue weighted by molar-refractivity contribution is 5.77. The van der Waals surface area contributed by atoms with Crippen LogP contribution in [-0.2, 0) is 0 Å². The Labute approximate surface area is 139 Å². The Morgan fingerprint density at radius 1 is 0.652 bits per heavy atom. The van der Waals surface area contributed by atoms with Gasteiger partial charge in [0.2, 0.25) is 0 Å². The topological polar surface area (TPSA) is 47.1 Å². The number of piperazine rings is 1. The number of likely N-dealkylation sites (tertiary alicyclic amines) is 2. The third-order valence-corrected chi connectivity index (χ3v) is 5.40. The number of rotatable bonds is 0. The van der Waals surface area contributed by atoms with E-state index in [-0.39, 0.29) is 18.1 Å². The van der Waals surface area contributed by atoms with E-state index in [4.69, 9.17) is 0 Å². The number of nitrogens with zero attached hydrogens (tertiary/aromatic N) is 4. The van der Waals surface area contributed by atoms with Gasteiger partial charge in [0.15, 0.2) is 0 Å². The van der Waals surface area contributed by atoms with Crippen molar-refractivity contribution in [3.8, 4) is 0 Å². The SMILES string of the molecule is C[C@H]1CN(C(=O)N2CCCCC2)CCN1C(=O)N1CCCCC1. The van der Waals surface area contributed by atoms with Crippen LogP contribution in [0.3, 0.4) is 0 Å². The molecule has 3 aliphatic heterocycles. The molecule has 0 N–H and O–H groups in total. The van der Waals surface area contributed by atoms with E-state index in [1.165, 1.54) is 12.8 Å². The number of hydrogen-bond acceptors (Lipinski definition) is 2. The summed E-state index contributed by atoms with van der Waals surface area (Å²) in [5.74, 6) is 0. The van der Waals surface area contributed by atoms with E-state index in [2.05, 4.69) is 6.92 Å². The molecule has 0 bridgehead atoms. The zero-order chi connectivity index (χ0) is 16.2. The summed E-state index contributed by atoms with van der Waals surface area (Å²) >= 11 is 0. The van der Waals surface area contributed by atoms with Gasteiger partial charge in [0.25, 0.3) is 0 Å². The van der Waals surface area contributed by atoms with E-state index in [9.17, 15) is 9.59 Å². The Morgan fingerprint density at radius 2 is 1.17 bits per heavy atom. The lowest BCUT2D eigenvalue weighted by molar-refractivity contribution is 0.0740. The van der Waals surface area contributed by atoms with Crippen molar-refractivity contribution in [2.75, 3.05) is 45.8 Å². The van der Waals surface area contributed by atoms with Gasteiger partial charge in [-0.2, -0.15) is 0 Å². The molecule has 3 rings (SSSR count). The molecule has 6 heteroatoms. The van der Waals surface area contributed by atoms with E-state index in [0.717, 1.165) is 51.9 Å². The highest BCUT2D eigenvalue weighted by atomic mass is 16.2. The van der Waals surface area contributed by atoms with Gasteiger partial charge in [-0.15, -0.1) is 0 Å². The van der Waals surface area contributed by atoms with Crippen molar-refractivity contribution in [3.05, 3.63) is 0 Å². The van der Waals surface area contributed by atoms with Crippen LogP contribution in [0.5, 0.6) is 0 Å². The fourth-order valence-electron chi connectivity index (χ4n) is 3.97. The molecule has 0 unspecified atom stereocenters. The van der Waals surface area contributed by atoms with Crippen molar-refractivity contribution in [1.29, 1.82) is 0 Å². The van der Waals surface area contributed by atoms with Gasteiger partial charge >= 0.3 is 12.1 Å². The van der Waals surface area contributed by atoms with Crippen LogP contribution in [0.25, 0.3) is 0 Å². The van der Waals surface area contributed by atoms with Crippen LogP contribution in [0.15, 0.2) is 0 Å². The monoisotopic (exact) mass is 322 g/mol. The lowest BCUT2D eigenvalue weighted by atomic mass is 10.1. The molecule has 1 atom stereocenters. The Hall–Kier alpha value is -1.46. The highest BCUT2D eigenvalue weighted by Gasteiger charge is 2.34. The van der Waals surface area contributed by atoms with Crippen LogP contribution in [0, 0.1) is 0 Å². The number of piperidine rings is 2. The number of urea groups is 2. The van der Waals surface area contributed by atoms with Gasteiger partial charge in [-0.05, 0) is 45.4 Å². The maximum atomic E-state index is 12.7. The number of hydrogen-bond donors (Lipinski definition) is 0. The van der Waals surface area contributed by atoms with E-state index < -0.39 is 0 Å². The van der Waals surface area contributed by atoms with Gasteiger partial charge in [0.1, 0.15) is 0 Å². The van der Waals surface area contributed by atoms with Gasteiger partial charge in [-0.3, -0.25) is 0 Å². The molecule has 3 saturated heterocycles. The number of carbonyl (C=O) groups is 2. The van der Waals surface area contributed by atoms with Crippen LogP contribution in [-0.4, -0.2) is 83.5 Å². The second-order valence-corrected chi connectivity index (χ2v) is 7.15. The fraction of sp³-hybridized carbons (Fsp3) is 0.882. The third-order valence-electron chi connectivity index (χ3n) is 5.40. The molecule has 0 aliphatic carbocycles. The zero-order valence-corrected chi connectivity index (χ0v) is 14.4. The predicted molar refractivity (Wildman–Crippen MR) is 89.4 cm³/mol. The summed E-state index contributed by atoms with van der Waals surface area (Å²) in [6, 6.07) is 0.441. The minimum Gasteiger partial charge on any atom is -0.325 e. The number of carbonyl (C=O) groups excluding carboxylic acids is 2. The van der Waals surface area contributed by atoms with Gasteiger partial charge in [0, 0.05) is 51.9 Å². The Bertz CT molecular complexity index is 430. The molecule has 3 aliphatic rings. The van der Waals surface area contributed by atoms with E-state index in [1.807, 2.05) is 19.6 Å². The van der Waals surface area contributed by atoms with Crippen LogP contribution in [0.4, 0.5) is 9.59 Å². The summed E-state index contributed by atoms with van der Waals surface area (Å²) < 4.78 is 0. The molecule has 23 heavy (non-hydrogen) atoms. The van der Waals surface area contributed by atoms with Crippen molar-refractivity contribution in [1.82, 2.24) is 19.6 Å². The van der Waals surface area contributed by atoms with Crippen molar-refractivity contribution in [2.24, 2.45) is 0 Å². The molecule has 6 nitrogen and oxygen atoms in total. The van der Waals surface area contributed by atoms with Gasteiger partial charge in [0.05, 0.1) is 0 Å². The standard InChI is InChI=1S/C17H30N4O2/c1-15-14-20(16(22)18-8-4-2-5-9-18)12-13-21(15)17(23)19-10-6-3-7-11-19/h15H,2-14H2,1H3/t15-/m0/s1. The molecule has 0 radical (unpaired) electrons. The summed E-state index contributed by atoms with van der Waals surface area (Å²) in [6.07, 6.45) is 6.94. The van der Waals surface area contributed by atoms with Crippen LogP contribution in [0.2, 0.25) is 0 Å². The molecule has 0 aromatic rings. The maximum absolute atomic E-state index is 12.7. The average molecular weight is 322 g/mol. The second-order valence-electron chi connectivity index (χ2n) is 7.15. The van der Waals surface area contributed by atoms with Gasteiger partial charge in [-0.1, -0.05) is 0 Å². The first kappa shape index (κ1) is 16.4. The van der Waals surface area contributed by atoms with Crippen molar-refractivity contribution in [2.45, 2.75) is 51.5 Å².